The number of piperidine rings is 1. The standard InChI is InChI=1S/C21H24FN3O2/c22-18-6-4-16(5-7-18)19-8-9-20(26)25(23-19)14-15-10-12-24(13-11-15)21(27)17-2-1-3-17/h4-9,15,17H,1-3,10-14H2. The summed E-state index contributed by atoms with van der Waals surface area (Å²) < 4.78 is 14.6. The lowest BCUT2D eigenvalue weighted by Gasteiger charge is -2.36. The zero-order valence-electron chi connectivity index (χ0n) is 15.3. The van der Waals surface area contributed by atoms with Gasteiger partial charge in [0.1, 0.15) is 5.82 Å². The van der Waals surface area contributed by atoms with Crippen molar-refractivity contribution < 1.29 is 9.18 Å². The van der Waals surface area contributed by atoms with Gasteiger partial charge in [-0.15, -0.1) is 0 Å². The quantitative estimate of drug-likeness (QED) is 0.832. The molecule has 4 rings (SSSR count). The minimum Gasteiger partial charge on any atom is -0.342 e. The number of halogens is 1. The number of rotatable bonds is 4. The van der Waals surface area contributed by atoms with Gasteiger partial charge in [-0.05, 0) is 61.9 Å². The molecule has 2 fully saturated rings. The van der Waals surface area contributed by atoms with Crippen LogP contribution in [0.3, 0.4) is 0 Å². The van der Waals surface area contributed by atoms with Crippen LogP contribution in [0, 0.1) is 17.7 Å². The first-order valence-electron chi connectivity index (χ1n) is 9.73. The van der Waals surface area contributed by atoms with Crippen molar-refractivity contribution in [3.63, 3.8) is 0 Å². The maximum atomic E-state index is 13.1. The maximum Gasteiger partial charge on any atom is 0.266 e. The molecule has 0 bridgehead atoms. The average molecular weight is 369 g/mol. The summed E-state index contributed by atoms with van der Waals surface area (Å²) in [6.07, 6.45) is 5.04. The molecular formula is C21H24FN3O2. The fourth-order valence-corrected chi connectivity index (χ4v) is 3.85. The summed E-state index contributed by atoms with van der Waals surface area (Å²) in [5.74, 6) is 0.603. The first kappa shape index (κ1) is 17.9. The Morgan fingerprint density at radius 2 is 1.74 bits per heavy atom. The van der Waals surface area contributed by atoms with Gasteiger partial charge in [-0.1, -0.05) is 6.42 Å². The lowest BCUT2D eigenvalue weighted by molar-refractivity contribution is -0.139. The molecule has 0 spiro atoms. The van der Waals surface area contributed by atoms with Crippen molar-refractivity contribution >= 4 is 5.91 Å². The minimum absolute atomic E-state index is 0.131. The zero-order chi connectivity index (χ0) is 18.8. The van der Waals surface area contributed by atoms with Crippen LogP contribution in [0.1, 0.15) is 32.1 Å². The first-order chi connectivity index (χ1) is 13.1. The van der Waals surface area contributed by atoms with E-state index >= 15 is 0 Å². The summed E-state index contributed by atoms with van der Waals surface area (Å²) >= 11 is 0. The molecule has 1 aromatic heterocycles. The van der Waals surface area contributed by atoms with E-state index in [9.17, 15) is 14.0 Å². The van der Waals surface area contributed by atoms with Crippen molar-refractivity contribution in [2.45, 2.75) is 38.6 Å². The summed E-state index contributed by atoms with van der Waals surface area (Å²) in [7, 11) is 0. The molecule has 0 radical (unpaired) electrons. The van der Waals surface area contributed by atoms with E-state index in [-0.39, 0.29) is 17.3 Å². The van der Waals surface area contributed by atoms with E-state index in [0.29, 0.717) is 24.1 Å². The van der Waals surface area contributed by atoms with Gasteiger partial charge in [0, 0.05) is 37.2 Å². The highest BCUT2D eigenvalue weighted by Gasteiger charge is 2.31. The van der Waals surface area contributed by atoms with Gasteiger partial charge in [-0.3, -0.25) is 9.59 Å². The zero-order valence-corrected chi connectivity index (χ0v) is 15.3. The highest BCUT2D eigenvalue weighted by Crippen LogP contribution is 2.30. The Bertz CT molecular complexity index is 866. The highest BCUT2D eigenvalue weighted by atomic mass is 19.1. The van der Waals surface area contributed by atoms with Crippen molar-refractivity contribution in [2.75, 3.05) is 13.1 Å². The number of hydrogen-bond acceptors (Lipinski definition) is 3. The van der Waals surface area contributed by atoms with Gasteiger partial charge in [0.25, 0.3) is 5.56 Å². The van der Waals surface area contributed by atoms with E-state index in [1.54, 1.807) is 18.2 Å². The van der Waals surface area contributed by atoms with Gasteiger partial charge in [0.2, 0.25) is 5.91 Å². The van der Waals surface area contributed by atoms with E-state index in [1.165, 1.54) is 29.3 Å². The molecule has 0 unspecified atom stereocenters. The normalized spacial score (nSPS) is 18.3. The monoisotopic (exact) mass is 369 g/mol. The van der Waals surface area contributed by atoms with E-state index < -0.39 is 0 Å². The first-order valence-corrected chi connectivity index (χ1v) is 9.73. The molecule has 142 valence electrons. The molecule has 27 heavy (non-hydrogen) atoms. The molecular weight excluding hydrogens is 345 g/mol. The van der Waals surface area contributed by atoms with Gasteiger partial charge < -0.3 is 4.90 Å². The maximum absolute atomic E-state index is 13.1. The van der Waals surface area contributed by atoms with E-state index in [4.69, 9.17) is 0 Å². The second-order valence-corrected chi connectivity index (χ2v) is 7.64. The number of carbonyl (C=O) groups excluding carboxylic acids is 1. The number of likely N-dealkylation sites (tertiary alicyclic amines) is 1. The Hall–Kier alpha value is -2.50. The summed E-state index contributed by atoms with van der Waals surface area (Å²) in [4.78, 5) is 26.6. The summed E-state index contributed by atoms with van der Waals surface area (Å²) in [6.45, 7) is 2.10. The van der Waals surface area contributed by atoms with Crippen molar-refractivity contribution in [2.24, 2.45) is 11.8 Å². The molecule has 1 aromatic carbocycles. The van der Waals surface area contributed by atoms with Crippen LogP contribution < -0.4 is 5.56 Å². The van der Waals surface area contributed by atoms with Crippen molar-refractivity contribution in [1.29, 1.82) is 0 Å². The predicted molar refractivity (Wildman–Crippen MR) is 101 cm³/mol. The van der Waals surface area contributed by atoms with Crippen LogP contribution in [0.15, 0.2) is 41.2 Å². The fourth-order valence-electron chi connectivity index (χ4n) is 3.85. The van der Waals surface area contributed by atoms with Gasteiger partial charge >= 0.3 is 0 Å². The molecule has 1 amide bonds. The Morgan fingerprint density at radius 3 is 2.37 bits per heavy atom. The lowest BCUT2D eigenvalue weighted by atomic mass is 9.83. The molecule has 1 aliphatic carbocycles. The van der Waals surface area contributed by atoms with Crippen LogP contribution in [0.25, 0.3) is 11.3 Å². The molecule has 2 heterocycles. The molecule has 2 aliphatic rings. The Balaban J connectivity index is 1.41. The largest absolute Gasteiger partial charge is 0.342 e. The van der Waals surface area contributed by atoms with Gasteiger partial charge in [0.15, 0.2) is 0 Å². The van der Waals surface area contributed by atoms with Crippen LogP contribution in [0.4, 0.5) is 4.39 Å². The molecule has 5 nitrogen and oxygen atoms in total. The van der Waals surface area contributed by atoms with Crippen LogP contribution in [-0.4, -0.2) is 33.7 Å². The van der Waals surface area contributed by atoms with Crippen LogP contribution >= 0.6 is 0 Å². The third-order valence-corrected chi connectivity index (χ3v) is 5.82. The second kappa shape index (κ2) is 7.62. The van der Waals surface area contributed by atoms with Crippen LogP contribution in [0.5, 0.6) is 0 Å². The predicted octanol–water partition coefficient (Wildman–Crippen LogP) is 3.09. The molecule has 6 heteroatoms. The Kier molecular flexibility index (Phi) is 5.05. The lowest BCUT2D eigenvalue weighted by Crippen LogP contribution is -2.44. The Morgan fingerprint density at radius 1 is 1.04 bits per heavy atom. The molecule has 2 aromatic rings. The third kappa shape index (κ3) is 3.94. The van der Waals surface area contributed by atoms with Gasteiger partial charge in [-0.25, -0.2) is 9.07 Å². The number of benzene rings is 1. The van der Waals surface area contributed by atoms with Crippen LogP contribution in [0.2, 0.25) is 0 Å². The number of nitrogens with zero attached hydrogens (tertiary/aromatic N) is 3. The minimum atomic E-state index is -0.296. The third-order valence-electron chi connectivity index (χ3n) is 5.82. The Labute approximate surface area is 157 Å². The number of aromatic nitrogens is 2. The average Bonchev–Trinajstić information content (AvgIpc) is 2.63. The van der Waals surface area contributed by atoms with Crippen molar-refractivity contribution in [1.82, 2.24) is 14.7 Å². The second-order valence-electron chi connectivity index (χ2n) is 7.64. The number of amides is 1. The number of hydrogen-bond donors (Lipinski definition) is 0. The summed E-state index contributed by atoms with van der Waals surface area (Å²) in [5.41, 5.74) is 1.31. The fraction of sp³-hybridized carbons (Fsp3) is 0.476. The molecule has 1 saturated heterocycles. The van der Waals surface area contributed by atoms with Gasteiger partial charge in [0.05, 0.1) is 5.69 Å². The van der Waals surface area contributed by atoms with Crippen LogP contribution in [-0.2, 0) is 11.3 Å². The molecule has 0 N–H and O–H groups in total. The van der Waals surface area contributed by atoms with E-state index in [0.717, 1.165) is 44.3 Å². The summed E-state index contributed by atoms with van der Waals surface area (Å²) in [6, 6.07) is 9.30. The highest BCUT2D eigenvalue weighted by molar-refractivity contribution is 5.79. The van der Waals surface area contributed by atoms with Crippen molar-refractivity contribution in [3.05, 3.63) is 52.6 Å². The topological polar surface area (TPSA) is 55.2 Å². The molecule has 1 saturated carbocycles. The SMILES string of the molecule is O=C(C1CCC1)N1CCC(Cn2nc(-c3ccc(F)cc3)ccc2=O)CC1. The van der Waals surface area contributed by atoms with E-state index in [1.807, 2.05) is 4.90 Å². The molecule has 0 atom stereocenters. The van der Waals surface area contributed by atoms with Gasteiger partial charge in [-0.2, -0.15) is 5.10 Å². The smallest absolute Gasteiger partial charge is 0.266 e. The van der Waals surface area contributed by atoms with E-state index in [2.05, 4.69) is 5.10 Å². The molecule has 1 aliphatic heterocycles. The van der Waals surface area contributed by atoms with Crippen molar-refractivity contribution in [3.8, 4) is 11.3 Å². The summed E-state index contributed by atoms with van der Waals surface area (Å²) in [5, 5.41) is 4.47. The number of carbonyl (C=O) groups is 1.